The van der Waals surface area contributed by atoms with E-state index in [1.54, 1.807) is 38.5 Å². The number of nitrogens with one attached hydrogen (secondary N) is 2. The van der Waals surface area contributed by atoms with E-state index in [0.717, 1.165) is 33.6 Å². The molecular weight excluding hydrogens is 452 g/mol. The molecule has 0 spiro atoms. The first kappa shape index (κ1) is 24.5. The third-order valence-electron chi connectivity index (χ3n) is 5.85. The zero-order chi connectivity index (χ0) is 25.3. The molecule has 4 aromatic rings. The van der Waals surface area contributed by atoms with Crippen LogP contribution in [0.1, 0.15) is 22.3 Å². The number of aromatic hydroxyl groups is 2. The highest BCUT2D eigenvalue weighted by molar-refractivity contribution is 5.79. The molecule has 184 valence electrons. The molecule has 0 bridgehead atoms. The average molecular weight is 483 g/mol. The van der Waals surface area contributed by atoms with E-state index >= 15 is 0 Å². The summed E-state index contributed by atoms with van der Waals surface area (Å²) in [5, 5.41) is 27.1. The molecule has 4 aromatic carbocycles. The first-order valence-corrected chi connectivity index (χ1v) is 11.6. The van der Waals surface area contributed by atoms with Gasteiger partial charge in [-0.05, 0) is 47.5 Å². The molecule has 4 N–H and O–H groups in total. The van der Waals surface area contributed by atoms with Gasteiger partial charge in [-0.3, -0.25) is 0 Å². The predicted molar refractivity (Wildman–Crippen MR) is 146 cm³/mol. The third-order valence-corrected chi connectivity index (χ3v) is 5.85. The van der Waals surface area contributed by atoms with Gasteiger partial charge in [0.25, 0.3) is 0 Å². The maximum Gasteiger partial charge on any atom is 0.161 e. The number of phenols is 2. The molecule has 0 unspecified atom stereocenters. The van der Waals surface area contributed by atoms with Crippen molar-refractivity contribution in [1.29, 1.82) is 0 Å². The molecule has 0 saturated carbocycles. The number of ether oxygens (including phenoxy) is 2. The Morgan fingerprint density at radius 1 is 0.667 bits per heavy atom. The summed E-state index contributed by atoms with van der Waals surface area (Å²) in [6.07, 6.45) is 4.04. The van der Waals surface area contributed by atoms with E-state index in [2.05, 4.69) is 10.6 Å². The highest BCUT2D eigenvalue weighted by Gasteiger charge is 2.07. The monoisotopic (exact) mass is 482 g/mol. The van der Waals surface area contributed by atoms with Gasteiger partial charge in [0.1, 0.15) is 11.5 Å². The van der Waals surface area contributed by atoms with Crippen LogP contribution in [0.3, 0.4) is 0 Å². The number of para-hydroxylation sites is 2. The lowest BCUT2D eigenvalue weighted by molar-refractivity contribution is 0.355. The van der Waals surface area contributed by atoms with Crippen molar-refractivity contribution < 1.29 is 19.7 Å². The quantitative estimate of drug-likeness (QED) is 0.193. The maximum absolute atomic E-state index is 10.2. The summed E-state index contributed by atoms with van der Waals surface area (Å²) >= 11 is 0. The first-order valence-electron chi connectivity index (χ1n) is 11.6. The first-order chi connectivity index (χ1) is 17.6. The van der Waals surface area contributed by atoms with E-state index in [4.69, 9.17) is 9.47 Å². The topological polar surface area (TPSA) is 83.0 Å². The fourth-order valence-electron chi connectivity index (χ4n) is 3.82. The van der Waals surface area contributed by atoms with Crippen LogP contribution < -0.4 is 20.1 Å². The van der Waals surface area contributed by atoms with Crippen LogP contribution in [0, 0.1) is 0 Å². The number of phenolic OH excluding ortho intramolecular Hbond substituents is 2. The Morgan fingerprint density at radius 2 is 1.31 bits per heavy atom. The number of rotatable bonds is 10. The van der Waals surface area contributed by atoms with E-state index in [0.29, 0.717) is 24.6 Å². The van der Waals surface area contributed by atoms with Crippen molar-refractivity contribution in [2.75, 3.05) is 24.9 Å². The molecule has 36 heavy (non-hydrogen) atoms. The molecule has 4 rings (SSSR count). The van der Waals surface area contributed by atoms with Crippen molar-refractivity contribution in [3.63, 3.8) is 0 Å². The largest absolute Gasteiger partial charge is 0.508 e. The standard InChI is InChI=1S/C30H30N2O4/c1-35-29-16-12-21(17-30(29)36-2)11-13-22-14-15-25(31-19-23-7-3-5-9-27(23)33)18-26(22)32-20-24-8-4-6-10-28(24)34/h3-18,31-34H,19-20H2,1-2H3/b13-11+. The van der Waals surface area contributed by atoms with E-state index in [1.807, 2.05) is 72.8 Å². The summed E-state index contributed by atoms with van der Waals surface area (Å²) in [4.78, 5) is 0. The Bertz CT molecular complexity index is 1350. The van der Waals surface area contributed by atoms with Crippen molar-refractivity contribution in [3.05, 3.63) is 107 Å². The molecule has 0 radical (unpaired) electrons. The molecule has 0 atom stereocenters. The molecule has 0 heterocycles. The SMILES string of the molecule is COc1ccc(/C=C/c2ccc(NCc3ccccc3O)cc2NCc2ccccc2O)cc1OC. The lowest BCUT2D eigenvalue weighted by Gasteiger charge is -2.15. The van der Waals surface area contributed by atoms with Crippen LogP contribution in [0.5, 0.6) is 23.0 Å². The van der Waals surface area contributed by atoms with Crippen LogP contribution in [0.4, 0.5) is 11.4 Å². The Morgan fingerprint density at radius 3 is 1.94 bits per heavy atom. The second-order valence-corrected chi connectivity index (χ2v) is 8.21. The zero-order valence-corrected chi connectivity index (χ0v) is 20.4. The summed E-state index contributed by atoms with van der Waals surface area (Å²) < 4.78 is 10.7. The van der Waals surface area contributed by atoms with Crippen LogP contribution in [0.2, 0.25) is 0 Å². The highest BCUT2D eigenvalue weighted by Crippen LogP contribution is 2.30. The number of anilines is 2. The van der Waals surface area contributed by atoms with Gasteiger partial charge < -0.3 is 30.3 Å². The van der Waals surface area contributed by atoms with Crippen LogP contribution >= 0.6 is 0 Å². The van der Waals surface area contributed by atoms with Gasteiger partial charge in [-0.15, -0.1) is 0 Å². The summed E-state index contributed by atoms with van der Waals surface area (Å²) in [5.74, 6) is 1.86. The van der Waals surface area contributed by atoms with Crippen LogP contribution in [-0.4, -0.2) is 24.4 Å². The second-order valence-electron chi connectivity index (χ2n) is 8.21. The third kappa shape index (κ3) is 6.10. The predicted octanol–water partition coefficient (Wildman–Crippen LogP) is 6.51. The minimum absolute atomic E-state index is 0.251. The lowest BCUT2D eigenvalue weighted by Crippen LogP contribution is -2.04. The Labute approximate surface area is 211 Å². The van der Waals surface area contributed by atoms with E-state index in [1.165, 1.54) is 0 Å². The van der Waals surface area contributed by atoms with Crippen molar-refractivity contribution in [2.24, 2.45) is 0 Å². The van der Waals surface area contributed by atoms with Crippen molar-refractivity contribution in [3.8, 4) is 23.0 Å². The molecule has 6 nitrogen and oxygen atoms in total. The number of benzene rings is 4. The Hall–Kier alpha value is -4.58. The van der Waals surface area contributed by atoms with E-state index in [-0.39, 0.29) is 11.5 Å². The number of methoxy groups -OCH3 is 2. The molecule has 0 fully saturated rings. The Kier molecular flexibility index (Phi) is 7.98. The van der Waals surface area contributed by atoms with Gasteiger partial charge in [-0.2, -0.15) is 0 Å². The highest BCUT2D eigenvalue weighted by atomic mass is 16.5. The second kappa shape index (κ2) is 11.7. The van der Waals surface area contributed by atoms with Crippen LogP contribution in [0.15, 0.2) is 84.9 Å². The molecular formula is C30H30N2O4. The molecule has 0 amide bonds. The number of hydrogen-bond acceptors (Lipinski definition) is 6. The van der Waals surface area contributed by atoms with E-state index < -0.39 is 0 Å². The Balaban J connectivity index is 1.58. The number of hydrogen-bond donors (Lipinski definition) is 4. The van der Waals surface area contributed by atoms with Gasteiger partial charge >= 0.3 is 0 Å². The smallest absolute Gasteiger partial charge is 0.161 e. The molecule has 0 saturated heterocycles. The molecule has 0 aromatic heterocycles. The van der Waals surface area contributed by atoms with Gasteiger partial charge in [-0.1, -0.05) is 60.7 Å². The molecule has 0 aliphatic heterocycles. The van der Waals surface area contributed by atoms with Crippen LogP contribution in [0.25, 0.3) is 12.2 Å². The van der Waals surface area contributed by atoms with Gasteiger partial charge in [0.2, 0.25) is 0 Å². The summed E-state index contributed by atoms with van der Waals surface area (Å²) in [7, 11) is 3.23. The zero-order valence-electron chi connectivity index (χ0n) is 20.4. The van der Waals surface area contributed by atoms with Gasteiger partial charge in [-0.25, -0.2) is 0 Å². The van der Waals surface area contributed by atoms with Crippen molar-refractivity contribution >= 4 is 23.5 Å². The minimum Gasteiger partial charge on any atom is -0.508 e. The van der Waals surface area contributed by atoms with Gasteiger partial charge in [0, 0.05) is 35.6 Å². The van der Waals surface area contributed by atoms with E-state index in [9.17, 15) is 10.2 Å². The van der Waals surface area contributed by atoms with Gasteiger partial charge in [0.05, 0.1) is 14.2 Å². The van der Waals surface area contributed by atoms with Crippen LogP contribution in [-0.2, 0) is 13.1 Å². The minimum atomic E-state index is 0.251. The lowest BCUT2D eigenvalue weighted by atomic mass is 10.1. The summed E-state index contributed by atoms with van der Waals surface area (Å²) in [6.45, 7) is 0.958. The summed E-state index contributed by atoms with van der Waals surface area (Å²) in [6, 6.07) is 26.4. The summed E-state index contributed by atoms with van der Waals surface area (Å²) in [5.41, 5.74) is 5.38. The normalized spacial score (nSPS) is 10.8. The fraction of sp³-hybridized carbons (Fsp3) is 0.133. The molecule has 0 aliphatic rings. The maximum atomic E-state index is 10.2. The molecule has 6 heteroatoms. The average Bonchev–Trinajstić information content (AvgIpc) is 2.91. The van der Waals surface area contributed by atoms with Crippen molar-refractivity contribution in [1.82, 2.24) is 0 Å². The van der Waals surface area contributed by atoms with Crippen molar-refractivity contribution in [2.45, 2.75) is 13.1 Å². The van der Waals surface area contributed by atoms with Gasteiger partial charge in [0.15, 0.2) is 11.5 Å². The fourth-order valence-corrected chi connectivity index (χ4v) is 3.82. The molecule has 0 aliphatic carbocycles.